The Morgan fingerprint density at radius 2 is 1.73 bits per heavy atom. The zero-order valence-electron chi connectivity index (χ0n) is 25.3. The summed E-state index contributed by atoms with van der Waals surface area (Å²) in [5, 5.41) is 11.3. The molecule has 2 N–H and O–H groups in total. The van der Waals surface area contributed by atoms with Crippen LogP contribution in [0.2, 0.25) is 5.02 Å². The van der Waals surface area contributed by atoms with Gasteiger partial charge >= 0.3 is 0 Å². The predicted octanol–water partition coefficient (Wildman–Crippen LogP) is 8.12. The van der Waals surface area contributed by atoms with E-state index >= 15 is 0 Å². The van der Waals surface area contributed by atoms with E-state index in [0.717, 1.165) is 50.0 Å². The number of hydrogen-bond donors (Lipinski definition) is 2. The van der Waals surface area contributed by atoms with Crippen LogP contribution < -0.4 is 10.1 Å². The number of aromatic nitrogens is 4. The molecule has 0 aliphatic heterocycles. The fourth-order valence-electron chi connectivity index (χ4n) is 4.99. The molecular formula is C32H50ClN5O2. The number of fused-ring (bicyclic) bond motifs is 1. The molecule has 2 unspecified atom stereocenters. The van der Waals surface area contributed by atoms with Crippen molar-refractivity contribution in [2.24, 2.45) is 0 Å². The number of nitrogens with one attached hydrogen (secondary N) is 2. The van der Waals surface area contributed by atoms with Crippen LogP contribution in [0.15, 0.2) is 18.2 Å². The van der Waals surface area contributed by atoms with Crippen LogP contribution in [0.25, 0.3) is 5.65 Å². The van der Waals surface area contributed by atoms with Gasteiger partial charge < -0.3 is 10.1 Å². The summed E-state index contributed by atoms with van der Waals surface area (Å²) >= 11 is 6.33. The van der Waals surface area contributed by atoms with Crippen LogP contribution in [0.5, 0.6) is 5.75 Å². The smallest absolute Gasteiger partial charge is 0.261 e. The first-order chi connectivity index (χ1) is 19.4. The molecule has 2 atom stereocenters. The Balaban J connectivity index is 1.70. The molecule has 1 amide bonds. The lowest BCUT2D eigenvalue weighted by molar-refractivity contribution is -0.128. The number of carbonyl (C=O) groups is 1. The quantitative estimate of drug-likeness (QED) is 0.142. The minimum absolute atomic E-state index is 0.0682. The van der Waals surface area contributed by atoms with Gasteiger partial charge in [-0.25, -0.2) is 4.98 Å². The fraction of sp³-hybridized carbons (Fsp3) is 0.656. The molecule has 0 saturated heterocycles. The van der Waals surface area contributed by atoms with Crippen molar-refractivity contribution in [3.63, 3.8) is 0 Å². The average molecular weight is 572 g/mol. The minimum Gasteiger partial charge on any atom is -0.480 e. The Bertz CT molecular complexity index is 1190. The number of nitrogens with zero attached hydrogens (tertiary/aromatic N) is 3. The summed E-state index contributed by atoms with van der Waals surface area (Å²) in [7, 11) is 0. The van der Waals surface area contributed by atoms with Crippen molar-refractivity contribution >= 4 is 23.2 Å². The standard InChI is InChI=1S/C32H50ClN5O2/c1-6-9-12-15-18-28(32(39)34-22-23(4)30-35-31-29(33)24(5)36-38(31)37-30)40-27-20-19-25(16-13-10-7-2)21-26(27)17-14-11-8-3/h19-21,23,28,36H,6-18,22H2,1-5H3,(H,34,39). The van der Waals surface area contributed by atoms with E-state index in [2.05, 4.69) is 59.5 Å². The van der Waals surface area contributed by atoms with Gasteiger partial charge in [-0.2, -0.15) is 4.63 Å². The van der Waals surface area contributed by atoms with E-state index in [1.165, 1.54) is 49.7 Å². The molecule has 3 aromatic rings. The molecule has 1 aromatic carbocycles. The number of benzene rings is 1. The van der Waals surface area contributed by atoms with Crippen molar-refractivity contribution in [3.05, 3.63) is 45.9 Å². The maximum Gasteiger partial charge on any atom is 0.261 e. The van der Waals surface area contributed by atoms with Gasteiger partial charge in [0, 0.05) is 12.5 Å². The van der Waals surface area contributed by atoms with Crippen molar-refractivity contribution in [2.75, 3.05) is 6.54 Å². The SMILES string of the molecule is CCCCCCC(Oc1ccc(CCCCC)cc1CCCCC)C(=O)NCC(C)c1nc2c(Cl)c(C)[nH]n2n1. The van der Waals surface area contributed by atoms with Crippen LogP contribution in [0.3, 0.4) is 0 Å². The minimum atomic E-state index is -0.526. The van der Waals surface area contributed by atoms with Crippen LogP contribution in [0.4, 0.5) is 0 Å². The van der Waals surface area contributed by atoms with Gasteiger partial charge in [0.05, 0.1) is 5.69 Å². The first-order valence-electron chi connectivity index (χ1n) is 15.5. The molecule has 0 fully saturated rings. The number of hydrogen-bond acceptors (Lipinski definition) is 4. The van der Waals surface area contributed by atoms with Gasteiger partial charge in [0.25, 0.3) is 5.91 Å². The monoisotopic (exact) mass is 571 g/mol. The lowest BCUT2D eigenvalue weighted by Crippen LogP contribution is -2.40. The number of halogens is 1. The summed E-state index contributed by atoms with van der Waals surface area (Å²) in [5.41, 5.74) is 4.03. The first-order valence-corrected chi connectivity index (χ1v) is 15.9. The van der Waals surface area contributed by atoms with E-state index in [9.17, 15) is 4.79 Å². The van der Waals surface area contributed by atoms with Gasteiger partial charge in [-0.1, -0.05) is 96.4 Å². The molecule has 0 bridgehead atoms. The highest BCUT2D eigenvalue weighted by molar-refractivity contribution is 6.34. The number of amides is 1. The topological polar surface area (TPSA) is 84.3 Å². The maximum absolute atomic E-state index is 13.5. The third-order valence-electron chi connectivity index (χ3n) is 7.57. The Morgan fingerprint density at radius 3 is 2.42 bits per heavy atom. The third-order valence-corrected chi connectivity index (χ3v) is 8.02. The summed E-state index contributed by atoms with van der Waals surface area (Å²) in [6.45, 7) is 11.0. The van der Waals surface area contributed by atoms with E-state index < -0.39 is 6.10 Å². The highest BCUT2D eigenvalue weighted by Gasteiger charge is 2.23. The number of H-pyrrole nitrogens is 1. The summed E-state index contributed by atoms with van der Waals surface area (Å²) in [4.78, 5) is 18.1. The Morgan fingerprint density at radius 1 is 1.02 bits per heavy atom. The van der Waals surface area contributed by atoms with Crippen molar-refractivity contribution < 1.29 is 9.53 Å². The summed E-state index contributed by atoms with van der Waals surface area (Å²) in [5.74, 6) is 1.36. The number of aromatic amines is 1. The number of carbonyl (C=O) groups excluding carboxylic acids is 1. The Hall–Kier alpha value is -2.54. The van der Waals surface area contributed by atoms with Gasteiger partial charge in [0.1, 0.15) is 10.8 Å². The first kappa shape index (κ1) is 32.0. The molecule has 2 aromatic heterocycles. The fourth-order valence-corrected chi connectivity index (χ4v) is 5.15. The second-order valence-electron chi connectivity index (χ2n) is 11.2. The van der Waals surface area contributed by atoms with Crippen molar-refractivity contribution in [2.45, 2.75) is 130 Å². The normalized spacial score (nSPS) is 13.1. The van der Waals surface area contributed by atoms with Gasteiger partial charge in [-0.05, 0) is 62.6 Å². The van der Waals surface area contributed by atoms with Crippen LogP contribution >= 0.6 is 11.6 Å². The van der Waals surface area contributed by atoms with Crippen LogP contribution in [0, 0.1) is 6.92 Å². The lowest BCUT2D eigenvalue weighted by atomic mass is 10.00. The highest BCUT2D eigenvalue weighted by Crippen LogP contribution is 2.26. The second kappa shape index (κ2) is 16.7. The van der Waals surface area contributed by atoms with Crippen molar-refractivity contribution in [3.8, 4) is 5.75 Å². The van der Waals surface area contributed by atoms with Crippen molar-refractivity contribution in [1.82, 2.24) is 25.1 Å². The van der Waals surface area contributed by atoms with Gasteiger partial charge in [-0.3, -0.25) is 9.89 Å². The summed E-state index contributed by atoms with van der Waals surface area (Å²) < 4.78 is 8.13. The molecule has 222 valence electrons. The summed E-state index contributed by atoms with van der Waals surface area (Å²) in [6.07, 6.45) is 13.8. The number of unbranched alkanes of at least 4 members (excludes halogenated alkanes) is 7. The van der Waals surface area contributed by atoms with E-state index in [1.807, 2.05) is 13.8 Å². The molecule has 0 aliphatic carbocycles. The van der Waals surface area contributed by atoms with Crippen molar-refractivity contribution in [1.29, 1.82) is 0 Å². The lowest BCUT2D eigenvalue weighted by Gasteiger charge is -2.22. The molecule has 0 radical (unpaired) electrons. The Labute approximate surface area is 245 Å². The third kappa shape index (κ3) is 9.25. The van der Waals surface area contributed by atoms with E-state index in [-0.39, 0.29) is 11.8 Å². The molecule has 8 heteroatoms. The van der Waals surface area contributed by atoms with E-state index in [0.29, 0.717) is 29.5 Å². The van der Waals surface area contributed by atoms with E-state index in [4.69, 9.17) is 16.3 Å². The predicted molar refractivity (Wildman–Crippen MR) is 165 cm³/mol. The maximum atomic E-state index is 13.5. The highest BCUT2D eigenvalue weighted by atomic mass is 35.5. The average Bonchev–Trinajstić information content (AvgIpc) is 3.48. The number of ether oxygens (including phenoxy) is 1. The molecule has 0 saturated carbocycles. The zero-order valence-corrected chi connectivity index (χ0v) is 26.1. The second-order valence-corrected chi connectivity index (χ2v) is 11.6. The molecule has 40 heavy (non-hydrogen) atoms. The molecular weight excluding hydrogens is 522 g/mol. The largest absolute Gasteiger partial charge is 0.480 e. The van der Waals surface area contributed by atoms with Crippen LogP contribution in [-0.2, 0) is 17.6 Å². The number of aryl methyl sites for hydroxylation is 3. The van der Waals surface area contributed by atoms with Gasteiger partial charge in [0.15, 0.2) is 17.6 Å². The molecule has 3 rings (SSSR count). The molecule has 7 nitrogen and oxygen atoms in total. The van der Waals surface area contributed by atoms with Crippen LogP contribution in [0.1, 0.15) is 127 Å². The van der Waals surface area contributed by atoms with E-state index in [1.54, 1.807) is 4.63 Å². The van der Waals surface area contributed by atoms with Gasteiger partial charge in [-0.15, -0.1) is 5.10 Å². The molecule has 0 spiro atoms. The van der Waals surface area contributed by atoms with Gasteiger partial charge in [0.2, 0.25) is 0 Å². The Kier molecular flexibility index (Phi) is 13.3. The number of rotatable bonds is 19. The zero-order chi connectivity index (χ0) is 28.9. The van der Waals surface area contributed by atoms with Crippen LogP contribution in [-0.4, -0.2) is 38.4 Å². The molecule has 2 heterocycles. The summed E-state index contributed by atoms with van der Waals surface area (Å²) in [6, 6.07) is 6.59. The molecule has 0 aliphatic rings.